The van der Waals surface area contributed by atoms with Gasteiger partial charge in [0, 0.05) is 22.4 Å². The van der Waals surface area contributed by atoms with Crippen molar-refractivity contribution in [1.29, 1.82) is 0 Å². The zero-order valence-electron chi connectivity index (χ0n) is 6.69. The third-order valence-corrected chi connectivity index (χ3v) is 1.49. The summed E-state index contributed by atoms with van der Waals surface area (Å²) >= 11 is 0. The molecule has 0 saturated carbocycles. The molecule has 0 saturated heterocycles. The van der Waals surface area contributed by atoms with E-state index in [9.17, 15) is 9.59 Å². The molecule has 1 aromatic rings. The van der Waals surface area contributed by atoms with Crippen molar-refractivity contribution in [2.24, 2.45) is 0 Å². The molecule has 0 unspecified atom stereocenters. The van der Waals surface area contributed by atoms with E-state index in [1.807, 2.05) is 0 Å². The molecule has 1 rings (SSSR count). The van der Waals surface area contributed by atoms with E-state index in [-0.39, 0.29) is 22.4 Å². The van der Waals surface area contributed by atoms with Crippen molar-refractivity contribution >= 4 is 11.9 Å². The second-order valence-corrected chi connectivity index (χ2v) is 2.31. The first-order chi connectivity index (χ1) is 6.04. The minimum Gasteiger partial charge on any atom is -0.507 e. The van der Waals surface area contributed by atoms with Crippen molar-refractivity contribution in [3.63, 3.8) is 0 Å². The predicted molar refractivity (Wildman–Crippen MR) is 42.0 cm³/mol. The Hall–Kier alpha value is -1.30. The Kier molecular flexibility index (Phi) is 4.36. The van der Waals surface area contributed by atoms with Crippen LogP contribution in [-0.2, 0) is 22.4 Å². The number of hydrogen-bond acceptors (Lipinski definition) is 3. The van der Waals surface area contributed by atoms with E-state index in [2.05, 4.69) is 0 Å². The number of carboxylic acids is 2. The summed E-state index contributed by atoms with van der Waals surface area (Å²) in [6.07, 6.45) is 0. The van der Waals surface area contributed by atoms with Crippen molar-refractivity contribution in [3.05, 3.63) is 29.3 Å². The summed E-state index contributed by atoms with van der Waals surface area (Å²) in [4.78, 5) is 21.0. The molecule has 0 amide bonds. The summed E-state index contributed by atoms with van der Waals surface area (Å²) in [6.45, 7) is 0. The Balaban J connectivity index is 0.00000169. The molecule has 0 aliphatic heterocycles. The fraction of sp³-hybridized carbons (Fsp3) is 0. The van der Waals surface area contributed by atoms with Gasteiger partial charge in [0.05, 0.1) is 5.56 Å². The van der Waals surface area contributed by atoms with Crippen molar-refractivity contribution in [3.8, 4) is 5.75 Å². The van der Waals surface area contributed by atoms with E-state index < -0.39 is 28.8 Å². The number of carbonyl (C=O) groups is 2. The summed E-state index contributed by atoms with van der Waals surface area (Å²) < 4.78 is 0. The smallest absolute Gasteiger partial charge is 0.340 e. The maximum absolute atomic E-state index is 10.5. The van der Waals surface area contributed by atoms with Crippen LogP contribution in [0.1, 0.15) is 20.7 Å². The first-order valence-corrected chi connectivity index (χ1v) is 3.32. The second-order valence-electron chi connectivity index (χ2n) is 2.31. The zero-order valence-corrected chi connectivity index (χ0v) is 8.17. The van der Waals surface area contributed by atoms with Crippen LogP contribution < -0.4 is 0 Å². The maximum Gasteiger partial charge on any atom is 0.340 e. The number of benzene rings is 1. The number of hydrogen-bond donors (Lipinski definition) is 3. The van der Waals surface area contributed by atoms with Crippen molar-refractivity contribution in [2.75, 3.05) is 0 Å². The van der Waals surface area contributed by atoms with Crippen LogP contribution in [0.2, 0.25) is 0 Å². The monoisotopic (exact) mass is 289 g/mol. The number of aromatic carboxylic acids is 2. The molecular weight excluding hydrogens is 284 g/mol. The standard InChI is InChI=1S/C8H6O5.Ag/c9-5-3-1-2-4(7(10)11)6(5)8(12)13;/h1-3,9H,(H,10,11)(H,12,13);. The molecule has 5 nitrogen and oxygen atoms in total. The van der Waals surface area contributed by atoms with E-state index in [4.69, 9.17) is 15.3 Å². The van der Waals surface area contributed by atoms with Gasteiger partial charge in [0.15, 0.2) is 0 Å². The van der Waals surface area contributed by atoms with Crippen LogP contribution in [0.3, 0.4) is 0 Å². The van der Waals surface area contributed by atoms with E-state index in [1.54, 1.807) is 0 Å². The third kappa shape index (κ3) is 2.35. The third-order valence-electron chi connectivity index (χ3n) is 1.49. The number of carboxylic acid groups (broad SMARTS) is 2. The second kappa shape index (κ2) is 4.80. The maximum atomic E-state index is 10.5. The van der Waals surface area contributed by atoms with Gasteiger partial charge in [-0.3, -0.25) is 0 Å². The molecule has 0 aromatic heterocycles. The Labute approximate surface area is 94.5 Å². The number of aromatic hydroxyl groups is 1. The van der Waals surface area contributed by atoms with Gasteiger partial charge < -0.3 is 15.3 Å². The van der Waals surface area contributed by atoms with Crippen LogP contribution >= 0.6 is 0 Å². The van der Waals surface area contributed by atoms with Crippen molar-refractivity contribution < 1.29 is 47.3 Å². The SMILES string of the molecule is O=C(O)c1cccc(O)c1C(=O)O.[Ag]. The molecule has 0 spiro atoms. The van der Waals surface area contributed by atoms with E-state index in [0.717, 1.165) is 12.1 Å². The number of rotatable bonds is 2. The van der Waals surface area contributed by atoms with Crippen molar-refractivity contribution in [2.45, 2.75) is 0 Å². The average molecular weight is 290 g/mol. The molecule has 0 atom stereocenters. The molecule has 14 heavy (non-hydrogen) atoms. The van der Waals surface area contributed by atoms with Crippen LogP contribution in [-0.4, -0.2) is 27.3 Å². The van der Waals surface area contributed by atoms with Crippen LogP contribution in [0.4, 0.5) is 0 Å². The molecular formula is C8H6AgO5. The van der Waals surface area contributed by atoms with Gasteiger partial charge in [-0.15, -0.1) is 0 Å². The fourth-order valence-corrected chi connectivity index (χ4v) is 0.943. The van der Waals surface area contributed by atoms with Gasteiger partial charge in [-0.1, -0.05) is 6.07 Å². The first kappa shape index (κ1) is 12.7. The van der Waals surface area contributed by atoms with Gasteiger partial charge in [0.1, 0.15) is 11.3 Å². The molecule has 1 radical (unpaired) electrons. The van der Waals surface area contributed by atoms with Gasteiger partial charge >= 0.3 is 11.9 Å². The van der Waals surface area contributed by atoms with Gasteiger partial charge in [-0.05, 0) is 12.1 Å². The van der Waals surface area contributed by atoms with Crippen LogP contribution in [0.15, 0.2) is 18.2 Å². The van der Waals surface area contributed by atoms with Crippen molar-refractivity contribution in [1.82, 2.24) is 0 Å². The van der Waals surface area contributed by atoms with Gasteiger partial charge in [-0.25, -0.2) is 9.59 Å². The van der Waals surface area contributed by atoms with Crippen LogP contribution in [0.5, 0.6) is 5.75 Å². The first-order valence-electron chi connectivity index (χ1n) is 3.32. The summed E-state index contributed by atoms with van der Waals surface area (Å²) in [5.41, 5.74) is -1.01. The minimum absolute atomic E-state index is 0. The average Bonchev–Trinajstić information content (AvgIpc) is 2.02. The Morgan fingerprint density at radius 1 is 1.07 bits per heavy atom. The largest absolute Gasteiger partial charge is 0.507 e. The molecule has 0 aliphatic rings. The molecule has 6 heteroatoms. The summed E-state index contributed by atoms with van der Waals surface area (Å²) in [6, 6.07) is 3.51. The topological polar surface area (TPSA) is 94.8 Å². The van der Waals surface area contributed by atoms with Gasteiger partial charge in [-0.2, -0.15) is 0 Å². The Bertz CT molecular complexity index is 374. The van der Waals surface area contributed by atoms with Crippen LogP contribution in [0.25, 0.3) is 0 Å². The molecule has 1 aromatic carbocycles. The Morgan fingerprint density at radius 3 is 2.00 bits per heavy atom. The zero-order chi connectivity index (χ0) is 10.0. The van der Waals surface area contributed by atoms with Crippen LogP contribution in [0, 0.1) is 0 Å². The summed E-state index contributed by atoms with van der Waals surface area (Å²) in [5, 5.41) is 26.2. The van der Waals surface area contributed by atoms with E-state index >= 15 is 0 Å². The van der Waals surface area contributed by atoms with Gasteiger partial charge in [0.2, 0.25) is 0 Å². The normalized spacial score (nSPS) is 8.86. The molecule has 79 valence electrons. The number of phenols is 1. The molecule has 0 aliphatic carbocycles. The molecule has 0 heterocycles. The molecule has 3 N–H and O–H groups in total. The summed E-state index contributed by atoms with van der Waals surface area (Å²) in [7, 11) is 0. The Morgan fingerprint density at radius 2 is 1.64 bits per heavy atom. The van der Waals surface area contributed by atoms with E-state index in [1.165, 1.54) is 6.07 Å². The van der Waals surface area contributed by atoms with E-state index in [0.29, 0.717) is 0 Å². The fourth-order valence-electron chi connectivity index (χ4n) is 0.943. The minimum atomic E-state index is -1.46. The quantitative estimate of drug-likeness (QED) is 0.700. The summed E-state index contributed by atoms with van der Waals surface area (Å²) in [5.74, 6) is -3.39. The molecule has 0 fully saturated rings. The predicted octanol–water partition coefficient (Wildman–Crippen LogP) is 0.786. The van der Waals surface area contributed by atoms with Gasteiger partial charge in [0.25, 0.3) is 0 Å². The molecule has 0 bridgehead atoms.